The Hall–Kier alpha value is -1.89. The zero-order valence-corrected chi connectivity index (χ0v) is 20.6. The molecule has 2 saturated heterocycles. The van der Waals surface area contributed by atoms with E-state index < -0.39 is 0 Å². The molecule has 2 fully saturated rings. The van der Waals surface area contributed by atoms with E-state index >= 15 is 0 Å². The molecule has 0 radical (unpaired) electrons. The van der Waals surface area contributed by atoms with Gasteiger partial charge in [-0.1, -0.05) is 48.5 Å². The highest BCUT2D eigenvalue weighted by atomic mass is 32.2. The third kappa shape index (κ3) is 5.28. The summed E-state index contributed by atoms with van der Waals surface area (Å²) in [6.07, 6.45) is 4.20. The molecule has 3 aromatic rings. The van der Waals surface area contributed by atoms with Crippen LogP contribution < -0.4 is 0 Å². The monoisotopic (exact) mass is 480 g/mol. The molecule has 1 amide bonds. The summed E-state index contributed by atoms with van der Waals surface area (Å²) in [5, 5.41) is 1.26. The first-order chi connectivity index (χ1) is 16.2. The van der Waals surface area contributed by atoms with Crippen LogP contribution >= 0.6 is 23.5 Å². The van der Waals surface area contributed by atoms with Gasteiger partial charge in [-0.3, -0.25) is 4.79 Å². The van der Waals surface area contributed by atoms with Crippen molar-refractivity contribution in [2.75, 3.05) is 31.2 Å². The molecule has 1 N–H and O–H groups in total. The molecular formula is C27H32N2O2S2. The number of para-hydroxylation sites is 1. The normalized spacial score (nSPS) is 20.9. The Morgan fingerprint density at radius 2 is 1.82 bits per heavy atom. The summed E-state index contributed by atoms with van der Waals surface area (Å²) in [6, 6.07) is 21.0. The van der Waals surface area contributed by atoms with E-state index in [0.29, 0.717) is 25.7 Å². The van der Waals surface area contributed by atoms with Gasteiger partial charge in [0.1, 0.15) is 4.08 Å². The lowest BCUT2D eigenvalue weighted by atomic mass is 9.91. The third-order valence-corrected chi connectivity index (χ3v) is 10.1. The third-order valence-electron chi connectivity index (χ3n) is 6.67. The Kier molecular flexibility index (Phi) is 7.34. The van der Waals surface area contributed by atoms with Crippen molar-refractivity contribution >= 4 is 40.3 Å². The minimum absolute atomic E-state index is 0.0651. The first kappa shape index (κ1) is 22.9. The van der Waals surface area contributed by atoms with Crippen molar-refractivity contribution in [1.82, 2.24) is 9.88 Å². The number of piperidine rings is 1. The first-order valence-corrected chi connectivity index (χ1v) is 14.0. The summed E-state index contributed by atoms with van der Waals surface area (Å²) in [6.45, 7) is 2.72. The number of likely N-dealkylation sites (tertiary alicyclic amines) is 1. The van der Waals surface area contributed by atoms with E-state index in [0.717, 1.165) is 37.3 Å². The summed E-state index contributed by atoms with van der Waals surface area (Å²) in [5.74, 6) is 2.70. The summed E-state index contributed by atoms with van der Waals surface area (Å²) >= 11 is 4.06. The standard InChI is InChI=1S/C27H32N2O2S2/c30-26-23(11-6-13-29(26)14-15-31-20-21-8-2-1-3-9-21)19-27(32-16-7-17-33-27)25-18-22-10-4-5-12-24(22)28-25/h1-5,8-10,12,18,23,28H,6-7,11,13-17,19-20H2. The van der Waals surface area contributed by atoms with Crippen LogP contribution in [-0.2, 0) is 20.2 Å². The van der Waals surface area contributed by atoms with Crippen LogP contribution in [0.4, 0.5) is 0 Å². The van der Waals surface area contributed by atoms with E-state index in [2.05, 4.69) is 47.4 Å². The van der Waals surface area contributed by atoms with Crippen molar-refractivity contribution in [3.63, 3.8) is 0 Å². The molecule has 2 aliphatic heterocycles. The number of benzene rings is 2. The fourth-order valence-electron chi connectivity index (χ4n) is 4.93. The Morgan fingerprint density at radius 1 is 1.03 bits per heavy atom. The van der Waals surface area contributed by atoms with E-state index in [1.807, 2.05) is 46.6 Å². The SMILES string of the molecule is O=C1C(CC2(c3cc4ccccc4[nH]3)SCCCS2)CCCN1CCOCc1ccccc1. The van der Waals surface area contributed by atoms with Crippen LogP contribution in [0.2, 0.25) is 0 Å². The van der Waals surface area contributed by atoms with Crippen LogP contribution in [0.3, 0.4) is 0 Å². The average molecular weight is 481 g/mol. The van der Waals surface area contributed by atoms with Gasteiger partial charge in [-0.05, 0) is 60.3 Å². The number of rotatable bonds is 8. The minimum atomic E-state index is -0.0651. The number of fused-ring (bicyclic) bond motifs is 1. The molecule has 174 valence electrons. The van der Waals surface area contributed by atoms with Gasteiger partial charge in [-0.2, -0.15) is 0 Å². The molecule has 0 bridgehead atoms. The van der Waals surface area contributed by atoms with Crippen molar-refractivity contribution in [1.29, 1.82) is 0 Å². The zero-order valence-electron chi connectivity index (χ0n) is 19.0. The van der Waals surface area contributed by atoms with Gasteiger partial charge in [0.15, 0.2) is 0 Å². The molecule has 5 rings (SSSR count). The second kappa shape index (κ2) is 10.6. The Balaban J connectivity index is 1.24. The summed E-state index contributed by atoms with van der Waals surface area (Å²) in [5.41, 5.74) is 3.63. The molecule has 0 aliphatic carbocycles. The van der Waals surface area contributed by atoms with Crippen molar-refractivity contribution in [2.45, 2.75) is 36.4 Å². The van der Waals surface area contributed by atoms with Gasteiger partial charge in [0.2, 0.25) is 5.91 Å². The lowest BCUT2D eigenvalue weighted by molar-refractivity contribution is -0.139. The number of nitrogens with zero attached hydrogens (tertiary/aromatic N) is 1. The fourth-order valence-corrected chi connectivity index (χ4v) is 8.35. The molecule has 3 heterocycles. The van der Waals surface area contributed by atoms with Crippen molar-refractivity contribution < 1.29 is 9.53 Å². The molecule has 1 atom stereocenters. The molecule has 4 nitrogen and oxygen atoms in total. The fraction of sp³-hybridized carbons (Fsp3) is 0.444. The van der Waals surface area contributed by atoms with Crippen molar-refractivity contribution in [2.24, 2.45) is 5.92 Å². The topological polar surface area (TPSA) is 45.3 Å². The number of ether oxygens (including phenoxy) is 1. The molecule has 1 unspecified atom stereocenters. The summed E-state index contributed by atoms with van der Waals surface area (Å²) < 4.78 is 5.81. The van der Waals surface area contributed by atoms with Gasteiger partial charge in [0.25, 0.3) is 0 Å². The van der Waals surface area contributed by atoms with E-state index in [-0.39, 0.29) is 10.00 Å². The number of carbonyl (C=O) groups excluding carboxylic acids is 1. The Labute approximate surface area is 204 Å². The van der Waals surface area contributed by atoms with Gasteiger partial charge in [0.05, 0.1) is 13.2 Å². The van der Waals surface area contributed by atoms with Crippen LogP contribution in [0.25, 0.3) is 10.9 Å². The highest BCUT2D eigenvalue weighted by molar-refractivity contribution is 8.18. The lowest BCUT2D eigenvalue weighted by Crippen LogP contribution is -2.44. The lowest BCUT2D eigenvalue weighted by Gasteiger charge is -2.40. The number of amides is 1. The van der Waals surface area contributed by atoms with E-state index in [1.165, 1.54) is 28.6 Å². The number of aromatic nitrogens is 1. The number of nitrogens with one attached hydrogen (secondary N) is 1. The predicted octanol–water partition coefficient (Wildman–Crippen LogP) is 6.04. The number of hydrogen-bond donors (Lipinski definition) is 1. The maximum absolute atomic E-state index is 13.5. The second-order valence-corrected chi connectivity index (χ2v) is 12.0. The number of hydrogen-bond acceptors (Lipinski definition) is 4. The highest BCUT2D eigenvalue weighted by Gasteiger charge is 2.42. The van der Waals surface area contributed by atoms with Crippen LogP contribution in [0.1, 0.15) is 36.9 Å². The van der Waals surface area contributed by atoms with Crippen LogP contribution in [0.5, 0.6) is 0 Å². The van der Waals surface area contributed by atoms with Crippen LogP contribution in [0, 0.1) is 5.92 Å². The van der Waals surface area contributed by atoms with Crippen LogP contribution in [-0.4, -0.2) is 47.0 Å². The largest absolute Gasteiger partial charge is 0.375 e. The maximum atomic E-state index is 13.5. The number of H-pyrrole nitrogens is 1. The number of aromatic amines is 1. The molecule has 2 aliphatic rings. The quantitative estimate of drug-likeness (QED) is 0.400. The highest BCUT2D eigenvalue weighted by Crippen LogP contribution is 2.55. The van der Waals surface area contributed by atoms with E-state index in [4.69, 9.17) is 4.74 Å². The minimum Gasteiger partial charge on any atom is -0.375 e. The van der Waals surface area contributed by atoms with Crippen molar-refractivity contribution in [3.8, 4) is 0 Å². The molecule has 0 spiro atoms. The van der Waals surface area contributed by atoms with E-state index in [1.54, 1.807) is 0 Å². The molecular weight excluding hydrogens is 448 g/mol. The van der Waals surface area contributed by atoms with Gasteiger partial charge >= 0.3 is 0 Å². The maximum Gasteiger partial charge on any atom is 0.225 e. The Bertz CT molecular complexity index is 1030. The molecule has 6 heteroatoms. The van der Waals surface area contributed by atoms with Gasteiger partial charge in [-0.15, -0.1) is 23.5 Å². The number of carbonyl (C=O) groups is 1. The van der Waals surface area contributed by atoms with Crippen LogP contribution in [0.15, 0.2) is 60.7 Å². The average Bonchev–Trinajstić information content (AvgIpc) is 3.30. The molecule has 1 aromatic heterocycles. The second-order valence-electron chi connectivity index (χ2n) is 8.98. The van der Waals surface area contributed by atoms with Gasteiger partial charge in [-0.25, -0.2) is 0 Å². The zero-order chi connectivity index (χ0) is 22.5. The molecule has 2 aromatic carbocycles. The van der Waals surface area contributed by atoms with Gasteiger partial charge in [0, 0.05) is 30.2 Å². The van der Waals surface area contributed by atoms with Crippen molar-refractivity contribution in [3.05, 3.63) is 71.9 Å². The smallest absolute Gasteiger partial charge is 0.225 e. The molecule has 0 saturated carbocycles. The Morgan fingerprint density at radius 3 is 2.64 bits per heavy atom. The van der Waals surface area contributed by atoms with E-state index in [9.17, 15) is 4.79 Å². The number of thioether (sulfide) groups is 2. The molecule has 33 heavy (non-hydrogen) atoms. The van der Waals surface area contributed by atoms with Gasteiger partial charge < -0.3 is 14.6 Å². The summed E-state index contributed by atoms with van der Waals surface area (Å²) in [4.78, 5) is 19.2. The predicted molar refractivity (Wildman–Crippen MR) is 140 cm³/mol. The summed E-state index contributed by atoms with van der Waals surface area (Å²) in [7, 11) is 0. The first-order valence-electron chi connectivity index (χ1n) is 12.0.